The van der Waals surface area contributed by atoms with Crippen molar-refractivity contribution in [1.82, 2.24) is 0 Å². The predicted octanol–water partition coefficient (Wildman–Crippen LogP) is 4.84. The summed E-state index contributed by atoms with van der Waals surface area (Å²) >= 11 is 0. The highest BCUT2D eigenvalue weighted by Crippen LogP contribution is 2.44. The molecule has 1 aliphatic heterocycles. The lowest BCUT2D eigenvalue weighted by molar-refractivity contribution is -0.116. The Morgan fingerprint density at radius 2 is 1.36 bits per heavy atom. The number of nitrogens with one attached hydrogen (secondary N) is 1. The van der Waals surface area contributed by atoms with E-state index in [2.05, 4.69) is 5.32 Å². The lowest BCUT2D eigenvalue weighted by Crippen LogP contribution is -2.25. The van der Waals surface area contributed by atoms with Crippen LogP contribution in [0.5, 0.6) is 11.5 Å². The quantitative estimate of drug-likeness (QED) is 0.726. The van der Waals surface area contributed by atoms with E-state index in [4.69, 9.17) is 4.74 Å². The predicted molar refractivity (Wildman–Crippen MR) is 89.8 cm³/mol. The summed E-state index contributed by atoms with van der Waals surface area (Å²) in [5, 5.41) is 2.60. The molecule has 0 aliphatic carbocycles. The Morgan fingerprint density at radius 3 is 1.92 bits per heavy atom. The van der Waals surface area contributed by atoms with Crippen molar-refractivity contribution in [2.75, 3.05) is 5.32 Å². The molecular formula is C20H13F2NO2. The number of hydrogen-bond donors (Lipinski definition) is 1. The summed E-state index contributed by atoms with van der Waals surface area (Å²) in [5.74, 6) is -1.33. The average Bonchev–Trinajstić information content (AvgIpc) is 2.58. The van der Waals surface area contributed by atoms with Crippen LogP contribution in [0.2, 0.25) is 0 Å². The number of ether oxygens (including phenoxy) is 1. The van der Waals surface area contributed by atoms with Crippen LogP contribution in [0.25, 0.3) is 0 Å². The SMILES string of the molecule is O=C(Nc1cc(F)cc(F)c1)C1c2ccccc2Oc2ccccc21. The van der Waals surface area contributed by atoms with Crippen molar-refractivity contribution in [2.45, 2.75) is 5.92 Å². The summed E-state index contributed by atoms with van der Waals surface area (Å²) in [7, 11) is 0. The number of hydrogen-bond acceptors (Lipinski definition) is 2. The average molecular weight is 337 g/mol. The highest BCUT2D eigenvalue weighted by atomic mass is 19.1. The molecule has 0 atom stereocenters. The number of fused-ring (bicyclic) bond motifs is 2. The summed E-state index contributed by atoms with van der Waals surface area (Å²) in [4.78, 5) is 12.9. The van der Waals surface area contributed by atoms with E-state index >= 15 is 0 Å². The summed E-state index contributed by atoms with van der Waals surface area (Å²) < 4.78 is 32.6. The smallest absolute Gasteiger partial charge is 0.236 e. The van der Waals surface area contributed by atoms with Crippen LogP contribution in [0.1, 0.15) is 17.0 Å². The molecule has 124 valence electrons. The summed E-state index contributed by atoms with van der Waals surface area (Å²) in [6.45, 7) is 0. The van der Waals surface area contributed by atoms with Crippen LogP contribution in [-0.2, 0) is 4.79 Å². The molecule has 25 heavy (non-hydrogen) atoms. The number of carbonyl (C=O) groups is 1. The minimum absolute atomic E-state index is 0.0731. The highest BCUT2D eigenvalue weighted by molar-refractivity contribution is 5.99. The second kappa shape index (κ2) is 6.02. The summed E-state index contributed by atoms with van der Waals surface area (Å²) in [6, 6.07) is 17.4. The van der Waals surface area contributed by atoms with E-state index in [-0.39, 0.29) is 11.6 Å². The first-order valence-electron chi connectivity index (χ1n) is 7.74. The fourth-order valence-corrected chi connectivity index (χ4v) is 3.03. The molecule has 3 aromatic carbocycles. The topological polar surface area (TPSA) is 38.3 Å². The maximum Gasteiger partial charge on any atom is 0.236 e. The molecule has 5 heteroatoms. The molecule has 3 aromatic rings. The van der Waals surface area contributed by atoms with Crippen molar-refractivity contribution < 1.29 is 18.3 Å². The first kappa shape index (κ1) is 15.3. The van der Waals surface area contributed by atoms with Crippen molar-refractivity contribution in [3.8, 4) is 11.5 Å². The van der Waals surface area contributed by atoms with E-state index in [9.17, 15) is 13.6 Å². The fourth-order valence-electron chi connectivity index (χ4n) is 3.03. The van der Waals surface area contributed by atoms with Crippen LogP contribution in [0, 0.1) is 11.6 Å². The van der Waals surface area contributed by atoms with E-state index in [1.54, 1.807) is 12.1 Å². The van der Waals surface area contributed by atoms with Gasteiger partial charge >= 0.3 is 0 Å². The molecule has 4 rings (SSSR count). The van der Waals surface area contributed by atoms with Gasteiger partial charge in [-0.2, -0.15) is 0 Å². The minimum atomic E-state index is -0.747. The van der Waals surface area contributed by atoms with Gasteiger partial charge in [0, 0.05) is 22.9 Å². The van der Waals surface area contributed by atoms with Gasteiger partial charge in [0.2, 0.25) is 5.91 Å². The number of benzene rings is 3. The highest BCUT2D eigenvalue weighted by Gasteiger charge is 2.32. The van der Waals surface area contributed by atoms with Crippen LogP contribution in [0.15, 0.2) is 66.7 Å². The number of para-hydroxylation sites is 2. The van der Waals surface area contributed by atoms with Crippen LogP contribution < -0.4 is 10.1 Å². The molecule has 3 nitrogen and oxygen atoms in total. The minimum Gasteiger partial charge on any atom is -0.457 e. The second-order valence-corrected chi connectivity index (χ2v) is 5.76. The zero-order valence-corrected chi connectivity index (χ0v) is 13.0. The molecule has 0 saturated heterocycles. The monoisotopic (exact) mass is 337 g/mol. The molecule has 1 amide bonds. The van der Waals surface area contributed by atoms with Gasteiger partial charge in [-0.3, -0.25) is 4.79 Å². The molecule has 0 saturated carbocycles. The third kappa shape index (κ3) is 2.85. The lowest BCUT2D eigenvalue weighted by Gasteiger charge is -2.27. The molecule has 0 spiro atoms. The standard InChI is InChI=1S/C20H13F2NO2/c21-12-9-13(22)11-14(10-12)23-20(24)19-15-5-1-3-7-17(15)25-18-8-4-2-6-16(18)19/h1-11,19H,(H,23,24). The first-order chi connectivity index (χ1) is 12.1. The van der Waals surface area contributed by atoms with Crippen LogP contribution in [-0.4, -0.2) is 5.91 Å². The van der Waals surface area contributed by atoms with Crippen molar-refractivity contribution in [2.24, 2.45) is 0 Å². The van der Waals surface area contributed by atoms with Gasteiger partial charge in [-0.1, -0.05) is 36.4 Å². The Hall–Kier alpha value is -3.21. The van der Waals surface area contributed by atoms with Crippen molar-refractivity contribution in [3.63, 3.8) is 0 Å². The largest absolute Gasteiger partial charge is 0.457 e. The van der Waals surface area contributed by atoms with Crippen LogP contribution in [0.3, 0.4) is 0 Å². The molecule has 1 heterocycles. The first-order valence-corrected chi connectivity index (χ1v) is 7.74. The van der Waals surface area contributed by atoms with Gasteiger partial charge in [0.05, 0.1) is 5.92 Å². The van der Waals surface area contributed by atoms with Gasteiger partial charge in [0.1, 0.15) is 23.1 Å². The number of rotatable bonds is 2. The maximum atomic E-state index is 13.4. The van der Waals surface area contributed by atoms with Gasteiger partial charge < -0.3 is 10.1 Å². The normalized spacial score (nSPS) is 12.7. The Balaban J connectivity index is 1.75. The van der Waals surface area contributed by atoms with Gasteiger partial charge in [-0.15, -0.1) is 0 Å². The number of carbonyl (C=O) groups excluding carboxylic acids is 1. The second-order valence-electron chi connectivity index (χ2n) is 5.76. The fraction of sp³-hybridized carbons (Fsp3) is 0.0500. The molecule has 0 unspecified atom stereocenters. The van der Waals surface area contributed by atoms with Crippen LogP contribution in [0.4, 0.5) is 14.5 Å². The number of halogens is 2. The van der Waals surface area contributed by atoms with Crippen molar-refractivity contribution in [1.29, 1.82) is 0 Å². The van der Waals surface area contributed by atoms with Crippen LogP contribution >= 0.6 is 0 Å². The van der Waals surface area contributed by atoms with Gasteiger partial charge in [-0.25, -0.2) is 8.78 Å². The zero-order chi connectivity index (χ0) is 17.4. The van der Waals surface area contributed by atoms with Crippen molar-refractivity contribution >= 4 is 11.6 Å². The van der Waals surface area contributed by atoms with E-state index in [1.807, 2.05) is 36.4 Å². The van der Waals surface area contributed by atoms with E-state index in [1.165, 1.54) is 0 Å². The van der Waals surface area contributed by atoms with Crippen molar-refractivity contribution in [3.05, 3.63) is 89.5 Å². The molecule has 0 radical (unpaired) electrons. The molecule has 0 bridgehead atoms. The number of amides is 1. The van der Waals surface area contributed by atoms with E-state index < -0.39 is 17.6 Å². The molecule has 0 fully saturated rings. The zero-order valence-electron chi connectivity index (χ0n) is 13.0. The molecule has 1 aliphatic rings. The molecule has 0 aromatic heterocycles. The third-order valence-corrected chi connectivity index (χ3v) is 4.07. The summed E-state index contributed by atoms with van der Waals surface area (Å²) in [6.07, 6.45) is 0. The Kier molecular flexibility index (Phi) is 3.69. The Morgan fingerprint density at radius 1 is 0.840 bits per heavy atom. The van der Waals surface area contributed by atoms with E-state index in [0.29, 0.717) is 22.6 Å². The number of anilines is 1. The molecule has 1 N–H and O–H groups in total. The van der Waals surface area contributed by atoms with Gasteiger partial charge in [0.15, 0.2) is 0 Å². The maximum absolute atomic E-state index is 13.4. The Bertz CT molecular complexity index is 906. The van der Waals surface area contributed by atoms with E-state index in [0.717, 1.165) is 18.2 Å². The molecular weight excluding hydrogens is 324 g/mol. The van der Waals surface area contributed by atoms with Gasteiger partial charge in [0.25, 0.3) is 0 Å². The lowest BCUT2D eigenvalue weighted by atomic mass is 9.87. The Labute approximate surface area is 142 Å². The third-order valence-electron chi connectivity index (χ3n) is 4.07. The van der Waals surface area contributed by atoms with Gasteiger partial charge in [-0.05, 0) is 24.3 Å². The summed E-state index contributed by atoms with van der Waals surface area (Å²) in [5.41, 5.74) is 1.48.